The van der Waals surface area contributed by atoms with E-state index in [9.17, 15) is 13.5 Å². The predicted molar refractivity (Wildman–Crippen MR) is 78.1 cm³/mol. The SMILES string of the molecule is O=S1(=O)CCC(CC(O)c2cnc3ccccc3c2)C1. The average Bonchev–Trinajstić information content (AvgIpc) is 2.77. The number of para-hydroxylation sites is 1. The van der Waals surface area contributed by atoms with Crippen molar-refractivity contribution in [2.24, 2.45) is 5.92 Å². The van der Waals surface area contributed by atoms with E-state index >= 15 is 0 Å². The molecule has 1 saturated heterocycles. The van der Waals surface area contributed by atoms with Crippen LogP contribution in [0.2, 0.25) is 0 Å². The first-order valence-corrected chi connectivity index (χ1v) is 8.59. The van der Waals surface area contributed by atoms with Crippen LogP contribution in [0, 0.1) is 5.92 Å². The molecule has 4 nitrogen and oxygen atoms in total. The highest BCUT2D eigenvalue weighted by atomic mass is 32.2. The summed E-state index contributed by atoms with van der Waals surface area (Å²) in [6, 6.07) is 9.67. The molecule has 20 heavy (non-hydrogen) atoms. The maximum absolute atomic E-state index is 11.4. The summed E-state index contributed by atoms with van der Waals surface area (Å²) in [5.41, 5.74) is 1.65. The van der Waals surface area contributed by atoms with Crippen molar-refractivity contribution in [3.05, 3.63) is 42.1 Å². The molecule has 2 aromatic rings. The van der Waals surface area contributed by atoms with Crippen molar-refractivity contribution in [3.8, 4) is 0 Å². The molecule has 2 atom stereocenters. The second kappa shape index (κ2) is 5.14. The molecule has 106 valence electrons. The molecule has 2 heterocycles. The molecule has 1 aromatic heterocycles. The van der Waals surface area contributed by atoms with Gasteiger partial charge in [0.15, 0.2) is 9.84 Å². The van der Waals surface area contributed by atoms with Crippen LogP contribution in [-0.4, -0.2) is 30.0 Å². The van der Waals surface area contributed by atoms with E-state index in [0.717, 1.165) is 16.5 Å². The minimum atomic E-state index is -2.88. The highest BCUT2D eigenvalue weighted by Crippen LogP contribution is 2.29. The third-order valence-electron chi connectivity index (χ3n) is 3.88. The van der Waals surface area contributed by atoms with E-state index in [1.807, 2.05) is 30.3 Å². The molecule has 3 rings (SSSR count). The van der Waals surface area contributed by atoms with Gasteiger partial charge in [-0.1, -0.05) is 18.2 Å². The number of hydrogen-bond donors (Lipinski definition) is 1. The van der Waals surface area contributed by atoms with Crippen LogP contribution in [0.3, 0.4) is 0 Å². The number of fused-ring (bicyclic) bond motifs is 1. The monoisotopic (exact) mass is 291 g/mol. The molecule has 0 aliphatic carbocycles. The van der Waals surface area contributed by atoms with Gasteiger partial charge in [0.05, 0.1) is 23.1 Å². The van der Waals surface area contributed by atoms with E-state index in [0.29, 0.717) is 12.8 Å². The van der Waals surface area contributed by atoms with Crippen molar-refractivity contribution < 1.29 is 13.5 Å². The van der Waals surface area contributed by atoms with Crippen LogP contribution in [0.5, 0.6) is 0 Å². The summed E-state index contributed by atoms with van der Waals surface area (Å²) in [5, 5.41) is 11.3. The van der Waals surface area contributed by atoms with Gasteiger partial charge in [-0.2, -0.15) is 0 Å². The predicted octanol–water partition coefficient (Wildman–Crippen LogP) is 2.09. The fraction of sp³-hybridized carbons (Fsp3) is 0.400. The molecule has 1 aromatic carbocycles. The molecule has 0 radical (unpaired) electrons. The molecule has 2 unspecified atom stereocenters. The number of rotatable bonds is 3. The lowest BCUT2D eigenvalue weighted by Crippen LogP contribution is -2.09. The van der Waals surface area contributed by atoms with Crippen LogP contribution in [0.1, 0.15) is 24.5 Å². The van der Waals surface area contributed by atoms with Crippen molar-refractivity contribution in [2.45, 2.75) is 18.9 Å². The molecular weight excluding hydrogens is 274 g/mol. The Morgan fingerprint density at radius 3 is 2.90 bits per heavy atom. The van der Waals surface area contributed by atoms with Crippen molar-refractivity contribution in [1.82, 2.24) is 4.98 Å². The zero-order valence-electron chi connectivity index (χ0n) is 11.1. The fourth-order valence-electron chi connectivity index (χ4n) is 2.78. The Kier molecular flexibility index (Phi) is 3.48. The molecule has 1 N–H and O–H groups in total. The van der Waals surface area contributed by atoms with Gasteiger partial charge in [-0.25, -0.2) is 8.42 Å². The Morgan fingerprint density at radius 2 is 2.15 bits per heavy atom. The maximum Gasteiger partial charge on any atom is 0.150 e. The topological polar surface area (TPSA) is 67.3 Å². The molecule has 1 aliphatic heterocycles. The van der Waals surface area contributed by atoms with Gasteiger partial charge in [0.1, 0.15) is 0 Å². The van der Waals surface area contributed by atoms with E-state index in [2.05, 4.69) is 4.98 Å². The number of aliphatic hydroxyl groups is 1. The zero-order valence-corrected chi connectivity index (χ0v) is 11.9. The van der Waals surface area contributed by atoms with Crippen LogP contribution in [0.15, 0.2) is 36.5 Å². The van der Waals surface area contributed by atoms with Gasteiger partial charge in [0, 0.05) is 11.6 Å². The number of sulfone groups is 1. The molecular formula is C15H17NO3S. The summed E-state index contributed by atoms with van der Waals surface area (Å²) < 4.78 is 22.9. The van der Waals surface area contributed by atoms with Gasteiger partial charge >= 0.3 is 0 Å². The van der Waals surface area contributed by atoms with Crippen LogP contribution < -0.4 is 0 Å². The highest BCUT2D eigenvalue weighted by Gasteiger charge is 2.29. The summed E-state index contributed by atoms with van der Waals surface area (Å²) in [6.07, 6.45) is 2.17. The Labute approximate surface area is 118 Å². The number of hydrogen-bond acceptors (Lipinski definition) is 4. The first-order valence-electron chi connectivity index (χ1n) is 6.77. The van der Waals surface area contributed by atoms with Gasteiger partial charge in [0.2, 0.25) is 0 Å². The largest absolute Gasteiger partial charge is 0.388 e. The van der Waals surface area contributed by atoms with Crippen LogP contribution >= 0.6 is 0 Å². The van der Waals surface area contributed by atoms with Gasteiger partial charge in [-0.05, 0) is 36.5 Å². The molecule has 0 amide bonds. The third-order valence-corrected chi connectivity index (χ3v) is 5.72. The Balaban J connectivity index is 1.77. The van der Waals surface area contributed by atoms with Gasteiger partial charge in [0.25, 0.3) is 0 Å². The molecule has 5 heteroatoms. The Bertz CT molecular complexity index is 727. The van der Waals surface area contributed by atoms with E-state index in [1.54, 1.807) is 6.20 Å². The van der Waals surface area contributed by atoms with E-state index < -0.39 is 15.9 Å². The fourth-order valence-corrected chi connectivity index (χ4v) is 4.66. The number of aliphatic hydroxyl groups excluding tert-OH is 1. The number of pyridine rings is 1. The highest BCUT2D eigenvalue weighted by molar-refractivity contribution is 7.91. The second-order valence-electron chi connectivity index (χ2n) is 5.48. The van der Waals surface area contributed by atoms with Crippen LogP contribution in [-0.2, 0) is 9.84 Å². The van der Waals surface area contributed by atoms with E-state index in [1.165, 1.54) is 0 Å². The smallest absolute Gasteiger partial charge is 0.150 e. The van der Waals surface area contributed by atoms with E-state index in [4.69, 9.17) is 0 Å². The van der Waals surface area contributed by atoms with Crippen molar-refractivity contribution in [1.29, 1.82) is 0 Å². The minimum Gasteiger partial charge on any atom is -0.388 e. The molecule has 1 aliphatic rings. The van der Waals surface area contributed by atoms with Crippen molar-refractivity contribution in [2.75, 3.05) is 11.5 Å². The van der Waals surface area contributed by atoms with Crippen molar-refractivity contribution >= 4 is 20.7 Å². The second-order valence-corrected chi connectivity index (χ2v) is 7.71. The van der Waals surface area contributed by atoms with Crippen molar-refractivity contribution in [3.63, 3.8) is 0 Å². The molecule has 0 spiro atoms. The average molecular weight is 291 g/mol. The number of benzene rings is 1. The van der Waals surface area contributed by atoms with Gasteiger partial charge in [-0.15, -0.1) is 0 Å². The summed E-state index contributed by atoms with van der Waals surface area (Å²) in [4.78, 5) is 4.33. The maximum atomic E-state index is 11.4. The first-order chi connectivity index (χ1) is 9.53. The lowest BCUT2D eigenvalue weighted by Gasteiger charge is -2.15. The quantitative estimate of drug-likeness (QED) is 0.940. The summed E-state index contributed by atoms with van der Waals surface area (Å²) in [7, 11) is -2.88. The summed E-state index contributed by atoms with van der Waals surface area (Å²) in [6.45, 7) is 0. The number of aromatic nitrogens is 1. The van der Waals surface area contributed by atoms with Crippen LogP contribution in [0.25, 0.3) is 10.9 Å². The zero-order chi connectivity index (χ0) is 14.2. The number of nitrogens with zero attached hydrogens (tertiary/aromatic N) is 1. The lowest BCUT2D eigenvalue weighted by atomic mass is 9.97. The van der Waals surface area contributed by atoms with Gasteiger partial charge in [-0.3, -0.25) is 4.98 Å². The summed E-state index contributed by atoms with van der Waals surface area (Å²) >= 11 is 0. The van der Waals surface area contributed by atoms with E-state index in [-0.39, 0.29) is 17.4 Å². The lowest BCUT2D eigenvalue weighted by molar-refractivity contribution is 0.148. The molecule has 0 saturated carbocycles. The summed E-state index contributed by atoms with van der Waals surface area (Å²) in [5.74, 6) is 0.507. The van der Waals surface area contributed by atoms with Crippen LogP contribution in [0.4, 0.5) is 0 Å². The molecule has 1 fully saturated rings. The third kappa shape index (κ3) is 2.83. The normalized spacial score (nSPS) is 22.9. The molecule has 0 bridgehead atoms. The standard InChI is InChI=1S/C15H17NO3S/c17-15(7-11-5-6-20(18,19)10-11)13-8-12-3-1-2-4-14(12)16-9-13/h1-4,8-9,11,15,17H,5-7,10H2. The minimum absolute atomic E-state index is 0.0569. The van der Waals surface area contributed by atoms with Gasteiger partial charge < -0.3 is 5.11 Å². The Morgan fingerprint density at radius 1 is 1.35 bits per heavy atom. The first kappa shape index (κ1) is 13.5. The Hall–Kier alpha value is -1.46.